The molecular weight excluding hydrogens is 269 g/mol. The molecule has 1 aliphatic heterocycles. The van der Waals surface area contributed by atoms with Crippen LogP contribution in [-0.2, 0) is 10.0 Å². The van der Waals surface area contributed by atoms with Crippen molar-refractivity contribution < 1.29 is 17.9 Å². The Morgan fingerprint density at radius 3 is 2.58 bits per heavy atom. The fourth-order valence-electron chi connectivity index (χ4n) is 2.32. The quantitative estimate of drug-likeness (QED) is 0.917. The first-order valence-corrected chi connectivity index (χ1v) is 7.76. The molecule has 1 aromatic carbocycles. The summed E-state index contributed by atoms with van der Waals surface area (Å²) in [5.74, 6) is -0.380. The smallest absolute Gasteiger partial charge is 0.243 e. The Morgan fingerprint density at radius 2 is 2.00 bits per heavy atom. The van der Waals surface area contributed by atoms with E-state index in [0.717, 1.165) is 6.07 Å². The van der Waals surface area contributed by atoms with Crippen LogP contribution in [-0.4, -0.2) is 37.5 Å². The fraction of sp³-hybridized carbons (Fsp3) is 0.538. The third-order valence-electron chi connectivity index (χ3n) is 3.60. The summed E-state index contributed by atoms with van der Waals surface area (Å²) in [6, 6.07) is 3.80. The Morgan fingerprint density at radius 1 is 1.37 bits per heavy atom. The monoisotopic (exact) mass is 287 g/mol. The summed E-state index contributed by atoms with van der Waals surface area (Å²) in [5, 5.41) is 9.06. The molecule has 1 fully saturated rings. The van der Waals surface area contributed by atoms with Gasteiger partial charge in [-0.2, -0.15) is 4.31 Å². The number of piperidine rings is 1. The Hall–Kier alpha value is -0.980. The average Bonchev–Trinajstić information content (AvgIpc) is 2.41. The summed E-state index contributed by atoms with van der Waals surface area (Å²) >= 11 is 0. The van der Waals surface area contributed by atoms with Gasteiger partial charge in [-0.1, -0.05) is 6.07 Å². The molecule has 19 heavy (non-hydrogen) atoms. The third-order valence-corrected chi connectivity index (χ3v) is 5.64. The number of aryl methyl sites for hydroxylation is 1. The lowest BCUT2D eigenvalue weighted by Gasteiger charge is -2.30. The second-order valence-electron chi connectivity index (χ2n) is 4.94. The number of aliphatic hydroxyl groups excluding tert-OH is 1. The molecule has 1 saturated heterocycles. The second kappa shape index (κ2) is 5.56. The molecule has 1 N–H and O–H groups in total. The van der Waals surface area contributed by atoms with Gasteiger partial charge in [0.25, 0.3) is 0 Å². The minimum absolute atomic E-state index is 0.0370. The van der Waals surface area contributed by atoms with E-state index in [-0.39, 0.29) is 17.4 Å². The minimum Gasteiger partial charge on any atom is -0.396 e. The fourth-order valence-corrected chi connectivity index (χ4v) is 4.03. The third kappa shape index (κ3) is 2.96. The molecular formula is C13H18FNO3S. The van der Waals surface area contributed by atoms with E-state index in [1.807, 2.05) is 0 Å². The highest BCUT2D eigenvalue weighted by atomic mass is 32.2. The lowest BCUT2D eigenvalue weighted by Crippen LogP contribution is -2.39. The lowest BCUT2D eigenvalue weighted by atomic mass is 10.00. The standard InChI is InChI=1S/C13H18FNO3S/c1-10-2-3-12(14)8-13(10)19(17,18)15-6-4-11(9-16)5-7-15/h2-3,8,11,16H,4-7,9H2,1H3. The molecule has 0 amide bonds. The van der Waals surface area contributed by atoms with Gasteiger partial charge in [0.15, 0.2) is 0 Å². The van der Waals surface area contributed by atoms with Gasteiger partial charge in [-0.05, 0) is 43.4 Å². The highest BCUT2D eigenvalue weighted by Crippen LogP contribution is 2.25. The summed E-state index contributed by atoms with van der Waals surface area (Å²) in [4.78, 5) is 0.0370. The van der Waals surface area contributed by atoms with Crippen molar-refractivity contribution in [3.05, 3.63) is 29.6 Å². The molecule has 0 atom stereocenters. The first-order chi connectivity index (χ1) is 8.95. The largest absolute Gasteiger partial charge is 0.396 e. The Balaban J connectivity index is 2.26. The van der Waals surface area contributed by atoms with Gasteiger partial charge in [-0.3, -0.25) is 0 Å². The van der Waals surface area contributed by atoms with Crippen molar-refractivity contribution in [3.8, 4) is 0 Å². The van der Waals surface area contributed by atoms with E-state index in [4.69, 9.17) is 5.11 Å². The van der Waals surface area contributed by atoms with Crippen molar-refractivity contribution in [3.63, 3.8) is 0 Å². The number of hydrogen-bond acceptors (Lipinski definition) is 3. The van der Waals surface area contributed by atoms with Crippen LogP contribution in [0.25, 0.3) is 0 Å². The van der Waals surface area contributed by atoms with E-state index in [9.17, 15) is 12.8 Å². The van der Waals surface area contributed by atoms with E-state index in [0.29, 0.717) is 31.5 Å². The molecule has 4 nitrogen and oxygen atoms in total. The van der Waals surface area contributed by atoms with Gasteiger partial charge in [-0.25, -0.2) is 12.8 Å². The summed E-state index contributed by atoms with van der Waals surface area (Å²) in [6.07, 6.45) is 1.29. The van der Waals surface area contributed by atoms with E-state index in [1.54, 1.807) is 6.92 Å². The maximum atomic E-state index is 13.2. The molecule has 0 unspecified atom stereocenters. The summed E-state index contributed by atoms with van der Waals surface area (Å²) in [6.45, 7) is 2.51. The summed E-state index contributed by atoms with van der Waals surface area (Å²) in [5.41, 5.74) is 0.547. The van der Waals surface area contributed by atoms with Gasteiger partial charge < -0.3 is 5.11 Å². The molecule has 0 spiro atoms. The number of aliphatic hydroxyl groups is 1. The van der Waals surface area contributed by atoms with Crippen LogP contribution in [0.3, 0.4) is 0 Å². The highest BCUT2D eigenvalue weighted by Gasteiger charge is 2.30. The minimum atomic E-state index is -3.64. The van der Waals surface area contributed by atoms with Crippen LogP contribution in [0.5, 0.6) is 0 Å². The molecule has 106 valence electrons. The molecule has 0 aromatic heterocycles. The summed E-state index contributed by atoms with van der Waals surface area (Å²) < 4.78 is 39.5. The number of halogens is 1. The zero-order valence-electron chi connectivity index (χ0n) is 10.8. The maximum Gasteiger partial charge on any atom is 0.243 e. The normalized spacial score (nSPS) is 18.7. The summed E-state index contributed by atoms with van der Waals surface area (Å²) in [7, 11) is -3.64. The van der Waals surface area contributed by atoms with E-state index in [2.05, 4.69) is 0 Å². The number of rotatable bonds is 3. The van der Waals surface area contributed by atoms with Gasteiger partial charge >= 0.3 is 0 Å². The zero-order valence-corrected chi connectivity index (χ0v) is 11.7. The molecule has 0 bridgehead atoms. The van der Waals surface area contributed by atoms with Crippen molar-refractivity contribution in [2.75, 3.05) is 19.7 Å². The first kappa shape index (κ1) is 14.4. The van der Waals surface area contributed by atoms with Crippen molar-refractivity contribution in [2.24, 2.45) is 5.92 Å². The Labute approximate surface area is 112 Å². The lowest BCUT2D eigenvalue weighted by molar-refractivity contribution is 0.170. The van der Waals surface area contributed by atoms with Crippen molar-refractivity contribution in [1.82, 2.24) is 4.31 Å². The van der Waals surface area contributed by atoms with Crippen molar-refractivity contribution in [2.45, 2.75) is 24.7 Å². The van der Waals surface area contributed by atoms with Gasteiger partial charge in [0.1, 0.15) is 5.82 Å². The van der Waals surface area contributed by atoms with Crippen LogP contribution in [0.2, 0.25) is 0 Å². The van der Waals surface area contributed by atoms with Gasteiger partial charge in [0, 0.05) is 19.7 Å². The molecule has 0 radical (unpaired) electrons. The number of nitrogens with zero attached hydrogens (tertiary/aromatic N) is 1. The number of hydrogen-bond donors (Lipinski definition) is 1. The molecule has 6 heteroatoms. The first-order valence-electron chi connectivity index (χ1n) is 6.32. The maximum absolute atomic E-state index is 13.2. The van der Waals surface area contributed by atoms with Crippen LogP contribution in [0.15, 0.2) is 23.1 Å². The second-order valence-corrected chi connectivity index (χ2v) is 6.85. The van der Waals surface area contributed by atoms with Crippen molar-refractivity contribution >= 4 is 10.0 Å². The van der Waals surface area contributed by atoms with E-state index >= 15 is 0 Å². The van der Waals surface area contributed by atoms with Crippen LogP contribution >= 0.6 is 0 Å². The Bertz CT molecular complexity index is 551. The van der Waals surface area contributed by atoms with Crippen LogP contribution < -0.4 is 0 Å². The SMILES string of the molecule is Cc1ccc(F)cc1S(=O)(=O)N1CCC(CO)CC1. The number of benzene rings is 1. The molecule has 1 aliphatic rings. The average molecular weight is 287 g/mol. The van der Waals surface area contributed by atoms with Crippen LogP contribution in [0, 0.1) is 18.7 Å². The number of sulfonamides is 1. The molecule has 1 aromatic rings. The topological polar surface area (TPSA) is 57.6 Å². The zero-order chi connectivity index (χ0) is 14.0. The predicted octanol–water partition coefficient (Wildman–Crippen LogP) is 1.53. The highest BCUT2D eigenvalue weighted by molar-refractivity contribution is 7.89. The van der Waals surface area contributed by atoms with Gasteiger partial charge in [-0.15, -0.1) is 0 Å². The molecule has 0 saturated carbocycles. The van der Waals surface area contributed by atoms with E-state index in [1.165, 1.54) is 16.4 Å². The van der Waals surface area contributed by atoms with Gasteiger partial charge in [0.05, 0.1) is 4.90 Å². The molecule has 1 heterocycles. The molecule has 2 rings (SSSR count). The molecule has 0 aliphatic carbocycles. The predicted molar refractivity (Wildman–Crippen MR) is 69.7 cm³/mol. The van der Waals surface area contributed by atoms with E-state index < -0.39 is 15.8 Å². The van der Waals surface area contributed by atoms with Gasteiger partial charge in [0.2, 0.25) is 10.0 Å². The Kier molecular flexibility index (Phi) is 4.23. The van der Waals surface area contributed by atoms with Crippen molar-refractivity contribution in [1.29, 1.82) is 0 Å². The van der Waals surface area contributed by atoms with Crippen LogP contribution in [0.4, 0.5) is 4.39 Å². The van der Waals surface area contributed by atoms with Crippen LogP contribution in [0.1, 0.15) is 18.4 Å².